The molecule has 2 aliphatic rings. The lowest BCUT2D eigenvalue weighted by atomic mass is 9.97. The molecule has 2 aromatic rings. The number of aryl methyl sites for hydroxylation is 1. The van der Waals surface area contributed by atoms with Crippen LogP contribution in [0.4, 0.5) is 11.4 Å². The maximum atomic E-state index is 12.6. The van der Waals surface area contributed by atoms with E-state index in [0.29, 0.717) is 12.1 Å². The van der Waals surface area contributed by atoms with Crippen molar-refractivity contribution in [2.24, 2.45) is 0 Å². The van der Waals surface area contributed by atoms with Crippen molar-refractivity contribution in [3.05, 3.63) is 59.2 Å². The third-order valence-electron chi connectivity index (χ3n) is 5.52. The summed E-state index contributed by atoms with van der Waals surface area (Å²) in [5.41, 5.74) is 4.67. The molecule has 0 aliphatic carbocycles. The van der Waals surface area contributed by atoms with Gasteiger partial charge in [0.2, 0.25) is 5.91 Å². The normalized spacial score (nSPS) is 18.3. The minimum atomic E-state index is -0.132. The van der Waals surface area contributed by atoms with Crippen LogP contribution < -0.4 is 15.5 Å². The zero-order valence-electron chi connectivity index (χ0n) is 15.6. The van der Waals surface area contributed by atoms with E-state index >= 15 is 0 Å². The number of nitrogens with one attached hydrogen (secondary N) is 2. The van der Waals surface area contributed by atoms with Gasteiger partial charge in [-0.1, -0.05) is 31.2 Å². The van der Waals surface area contributed by atoms with Crippen molar-refractivity contribution in [2.45, 2.75) is 45.2 Å². The van der Waals surface area contributed by atoms with Gasteiger partial charge in [-0.05, 0) is 55.0 Å². The number of hydrogen-bond donors (Lipinski definition) is 2. The van der Waals surface area contributed by atoms with Gasteiger partial charge in [-0.15, -0.1) is 0 Å². The molecule has 2 heterocycles. The highest BCUT2D eigenvalue weighted by Crippen LogP contribution is 2.36. The first-order valence-corrected chi connectivity index (χ1v) is 9.73. The van der Waals surface area contributed by atoms with Crippen LogP contribution in [0, 0.1) is 0 Å². The van der Waals surface area contributed by atoms with Crippen molar-refractivity contribution >= 4 is 23.2 Å². The van der Waals surface area contributed by atoms with Gasteiger partial charge in [-0.3, -0.25) is 9.59 Å². The Morgan fingerprint density at radius 1 is 1.15 bits per heavy atom. The fourth-order valence-electron chi connectivity index (χ4n) is 3.91. The van der Waals surface area contributed by atoms with E-state index in [9.17, 15) is 9.59 Å². The number of carbonyl (C=O) groups is 2. The molecule has 2 N–H and O–H groups in total. The maximum absolute atomic E-state index is 12.6. The number of nitrogens with zero attached hydrogens (tertiary/aromatic N) is 1. The Morgan fingerprint density at radius 2 is 1.93 bits per heavy atom. The minimum absolute atomic E-state index is 0.0378. The highest BCUT2D eigenvalue weighted by Gasteiger charge is 2.34. The summed E-state index contributed by atoms with van der Waals surface area (Å²) in [6.45, 7) is 3.50. The third-order valence-corrected chi connectivity index (χ3v) is 5.52. The Morgan fingerprint density at radius 3 is 2.70 bits per heavy atom. The molecule has 1 fully saturated rings. The van der Waals surface area contributed by atoms with Gasteiger partial charge in [0.15, 0.2) is 0 Å². The van der Waals surface area contributed by atoms with Crippen LogP contribution in [0.2, 0.25) is 0 Å². The van der Waals surface area contributed by atoms with Gasteiger partial charge in [-0.2, -0.15) is 0 Å². The van der Waals surface area contributed by atoms with E-state index in [0.717, 1.165) is 49.2 Å². The largest absolute Gasteiger partial charge is 0.358 e. The Labute approximate surface area is 159 Å². The highest BCUT2D eigenvalue weighted by atomic mass is 16.2. The van der Waals surface area contributed by atoms with Crippen molar-refractivity contribution in [3.8, 4) is 0 Å². The predicted molar refractivity (Wildman–Crippen MR) is 107 cm³/mol. The molecule has 140 valence electrons. The standard InChI is InChI=1S/C22H25N3O2/c1-2-15-6-8-16(9-7-15)14-23-21(26)17-10-11-19-18(13-17)24-22(27)20-5-3-4-12-25(19)20/h6-11,13,20H,2-5,12,14H2,1H3,(H,23,26)(H,24,27). The Bertz CT molecular complexity index is 860. The lowest BCUT2D eigenvalue weighted by molar-refractivity contribution is -0.118. The first-order valence-electron chi connectivity index (χ1n) is 9.73. The minimum Gasteiger partial charge on any atom is -0.358 e. The fourth-order valence-corrected chi connectivity index (χ4v) is 3.91. The zero-order chi connectivity index (χ0) is 18.8. The summed E-state index contributed by atoms with van der Waals surface area (Å²) in [4.78, 5) is 27.1. The van der Waals surface area contributed by atoms with Crippen LogP contribution in [-0.4, -0.2) is 24.4 Å². The molecular formula is C22H25N3O2. The van der Waals surface area contributed by atoms with Crippen molar-refractivity contribution in [3.63, 3.8) is 0 Å². The van der Waals surface area contributed by atoms with Crippen LogP contribution in [-0.2, 0) is 17.8 Å². The SMILES string of the molecule is CCc1ccc(CNC(=O)c2ccc3c(c2)NC(=O)C2CCCCN32)cc1. The molecule has 0 spiro atoms. The molecule has 1 atom stereocenters. The average Bonchev–Trinajstić information content (AvgIpc) is 2.72. The van der Waals surface area contributed by atoms with Crippen molar-refractivity contribution in [1.29, 1.82) is 0 Å². The van der Waals surface area contributed by atoms with Gasteiger partial charge in [0, 0.05) is 18.7 Å². The monoisotopic (exact) mass is 363 g/mol. The third kappa shape index (κ3) is 3.54. The Balaban J connectivity index is 1.47. The topological polar surface area (TPSA) is 61.4 Å². The number of fused-ring (bicyclic) bond motifs is 3. The molecule has 0 saturated carbocycles. The van der Waals surface area contributed by atoms with Gasteiger partial charge in [0.25, 0.3) is 5.91 Å². The molecule has 4 rings (SSSR count). The molecular weight excluding hydrogens is 338 g/mol. The van der Waals surface area contributed by atoms with E-state index in [1.54, 1.807) is 6.07 Å². The number of carbonyl (C=O) groups excluding carboxylic acids is 2. The van der Waals surface area contributed by atoms with Gasteiger partial charge < -0.3 is 15.5 Å². The lowest BCUT2D eigenvalue weighted by Gasteiger charge is -2.41. The second-order valence-electron chi connectivity index (χ2n) is 7.28. The van der Waals surface area contributed by atoms with E-state index in [2.05, 4.69) is 34.6 Å². The Kier molecular flexibility index (Phi) is 4.84. The van der Waals surface area contributed by atoms with Crippen LogP contribution >= 0.6 is 0 Å². The van der Waals surface area contributed by atoms with Gasteiger partial charge in [0.05, 0.1) is 11.4 Å². The van der Waals surface area contributed by atoms with Crippen LogP contribution in [0.5, 0.6) is 0 Å². The van der Waals surface area contributed by atoms with E-state index < -0.39 is 0 Å². The fraction of sp³-hybridized carbons (Fsp3) is 0.364. The van der Waals surface area contributed by atoms with Crippen LogP contribution in [0.3, 0.4) is 0 Å². The first-order chi connectivity index (χ1) is 13.2. The van der Waals surface area contributed by atoms with Gasteiger partial charge in [-0.25, -0.2) is 0 Å². The van der Waals surface area contributed by atoms with E-state index in [-0.39, 0.29) is 17.9 Å². The molecule has 1 unspecified atom stereocenters. The molecule has 0 aromatic heterocycles. The number of anilines is 2. The predicted octanol–water partition coefficient (Wildman–Crippen LogP) is 3.49. The number of hydrogen-bond acceptors (Lipinski definition) is 3. The smallest absolute Gasteiger partial charge is 0.251 e. The summed E-state index contributed by atoms with van der Waals surface area (Å²) < 4.78 is 0. The second kappa shape index (κ2) is 7.43. The van der Waals surface area contributed by atoms with Crippen LogP contribution in [0.1, 0.15) is 47.7 Å². The van der Waals surface area contributed by atoms with Crippen LogP contribution in [0.15, 0.2) is 42.5 Å². The number of rotatable bonds is 4. The number of benzene rings is 2. The summed E-state index contributed by atoms with van der Waals surface area (Å²) in [7, 11) is 0. The van der Waals surface area contributed by atoms with E-state index in [1.165, 1.54) is 5.56 Å². The molecule has 0 bridgehead atoms. The summed E-state index contributed by atoms with van der Waals surface area (Å²) in [6.07, 6.45) is 4.08. The van der Waals surface area contributed by atoms with Crippen molar-refractivity contribution in [1.82, 2.24) is 5.32 Å². The summed E-state index contributed by atoms with van der Waals surface area (Å²) in [5.74, 6) is -0.0943. The van der Waals surface area contributed by atoms with Crippen molar-refractivity contribution in [2.75, 3.05) is 16.8 Å². The molecule has 1 saturated heterocycles. The Hall–Kier alpha value is -2.82. The maximum Gasteiger partial charge on any atom is 0.251 e. The van der Waals surface area contributed by atoms with Crippen LogP contribution in [0.25, 0.3) is 0 Å². The number of amides is 2. The summed E-state index contributed by atoms with van der Waals surface area (Å²) in [5, 5.41) is 5.94. The lowest BCUT2D eigenvalue weighted by Crippen LogP contribution is -2.50. The van der Waals surface area contributed by atoms with Gasteiger partial charge >= 0.3 is 0 Å². The molecule has 2 aliphatic heterocycles. The molecule has 2 aromatic carbocycles. The first kappa shape index (κ1) is 17.6. The second-order valence-corrected chi connectivity index (χ2v) is 7.28. The average molecular weight is 363 g/mol. The molecule has 5 nitrogen and oxygen atoms in total. The van der Waals surface area contributed by atoms with E-state index in [1.807, 2.05) is 24.3 Å². The summed E-state index contributed by atoms with van der Waals surface area (Å²) >= 11 is 0. The summed E-state index contributed by atoms with van der Waals surface area (Å²) in [6, 6.07) is 13.8. The molecule has 2 amide bonds. The molecule has 0 radical (unpaired) electrons. The molecule has 5 heteroatoms. The van der Waals surface area contributed by atoms with Crippen molar-refractivity contribution < 1.29 is 9.59 Å². The highest BCUT2D eigenvalue weighted by molar-refractivity contribution is 6.05. The number of piperidine rings is 1. The molecule has 27 heavy (non-hydrogen) atoms. The zero-order valence-corrected chi connectivity index (χ0v) is 15.6. The van der Waals surface area contributed by atoms with Gasteiger partial charge in [0.1, 0.15) is 6.04 Å². The quantitative estimate of drug-likeness (QED) is 0.874. The van der Waals surface area contributed by atoms with E-state index in [4.69, 9.17) is 0 Å².